The lowest BCUT2D eigenvalue weighted by atomic mass is 9.55. The molecule has 8 rings (SSSR count). The van der Waals surface area contributed by atoms with E-state index in [1.54, 1.807) is 6.92 Å². The minimum Gasteiger partial charge on any atom is -0.461 e. The molecule has 4 saturated carbocycles. The van der Waals surface area contributed by atoms with Gasteiger partial charge in [0.1, 0.15) is 18.2 Å². The van der Waals surface area contributed by atoms with E-state index in [1.807, 2.05) is 91.0 Å². The summed E-state index contributed by atoms with van der Waals surface area (Å²) in [6.45, 7) is 1.91. The Labute approximate surface area is 304 Å². The molecule has 4 aliphatic rings. The van der Waals surface area contributed by atoms with Gasteiger partial charge in [0.05, 0.1) is 12.5 Å². The number of hydrogen-bond donors (Lipinski definition) is 4. The summed E-state index contributed by atoms with van der Waals surface area (Å²) in [6.07, 6.45) is 5.08. The van der Waals surface area contributed by atoms with Crippen LogP contribution >= 0.6 is 0 Å². The second-order valence-electron chi connectivity index (χ2n) is 15.2. The van der Waals surface area contributed by atoms with Gasteiger partial charge in [-0.05, 0) is 91.3 Å². The first-order valence-electron chi connectivity index (χ1n) is 18.6. The fourth-order valence-electron chi connectivity index (χ4n) is 8.86. The SMILES string of the molecule is CC(Cc1cc2ccccc2[nH]1)(NC(=O)OC1C2CC3CC(C2)CC1C3)C(=O)NCC(NC(=O)CCC(=O)OCc1ccccc1)c1ccccc1. The molecule has 10 nitrogen and oxygen atoms in total. The molecule has 4 bridgehead atoms. The number of benzene rings is 3. The minimum absolute atomic E-state index is 0.0572. The van der Waals surface area contributed by atoms with E-state index >= 15 is 0 Å². The summed E-state index contributed by atoms with van der Waals surface area (Å²) in [5, 5.41) is 9.98. The average molecular weight is 705 g/mol. The molecule has 52 heavy (non-hydrogen) atoms. The van der Waals surface area contributed by atoms with E-state index in [9.17, 15) is 19.2 Å². The van der Waals surface area contributed by atoms with Crippen LogP contribution in [0, 0.1) is 23.7 Å². The van der Waals surface area contributed by atoms with Crippen LogP contribution in [-0.4, -0.2) is 47.0 Å². The van der Waals surface area contributed by atoms with Crippen molar-refractivity contribution >= 4 is 34.8 Å². The normalized spacial score (nSPS) is 23.3. The van der Waals surface area contributed by atoms with E-state index in [0.29, 0.717) is 11.8 Å². The summed E-state index contributed by atoms with van der Waals surface area (Å²) in [7, 11) is 0. The van der Waals surface area contributed by atoms with Crippen molar-refractivity contribution in [2.45, 2.75) is 82.6 Å². The van der Waals surface area contributed by atoms with Crippen LogP contribution < -0.4 is 16.0 Å². The molecule has 0 aliphatic heterocycles. The maximum Gasteiger partial charge on any atom is 0.408 e. The molecule has 0 radical (unpaired) electrons. The van der Waals surface area contributed by atoms with Gasteiger partial charge in [-0.3, -0.25) is 14.4 Å². The molecule has 1 aromatic heterocycles. The molecule has 3 aromatic carbocycles. The molecular weight excluding hydrogens is 656 g/mol. The quantitative estimate of drug-likeness (QED) is 0.110. The van der Waals surface area contributed by atoms with Crippen LogP contribution in [0.3, 0.4) is 0 Å². The van der Waals surface area contributed by atoms with Crippen molar-refractivity contribution in [3.05, 3.63) is 108 Å². The molecule has 4 N–H and O–H groups in total. The van der Waals surface area contributed by atoms with Gasteiger partial charge in [-0.1, -0.05) is 78.9 Å². The monoisotopic (exact) mass is 704 g/mol. The number of carbonyl (C=O) groups excluding carboxylic acids is 4. The first-order valence-corrected chi connectivity index (χ1v) is 18.6. The Morgan fingerprint density at radius 3 is 2.17 bits per heavy atom. The third-order valence-corrected chi connectivity index (χ3v) is 11.2. The standard InChI is InChI=1S/C42H48N4O6/c1-42(24-34-23-31-14-8-9-15-35(31)44-34,46-41(50)52-39-32-19-28-18-29(21-32)22-33(39)20-28)40(49)43-25-36(30-12-6-3-7-13-30)45-37(47)16-17-38(48)51-26-27-10-4-2-5-11-27/h2-15,23,28-29,32-33,36,39,44H,16-22,24-26H2,1H3,(H,43,49)(H,45,47)(H,46,50). The number of amides is 3. The Balaban J connectivity index is 1.01. The number of rotatable bonds is 14. The third kappa shape index (κ3) is 8.49. The molecule has 2 unspecified atom stereocenters. The number of nitrogens with one attached hydrogen (secondary N) is 4. The van der Waals surface area contributed by atoms with Crippen molar-refractivity contribution in [3.8, 4) is 0 Å². The van der Waals surface area contributed by atoms with Crippen LogP contribution in [0.5, 0.6) is 0 Å². The minimum atomic E-state index is -1.38. The number of para-hydroxylation sites is 1. The van der Waals surface area contributed by atoms with Crippen molar-refractivity contribution in [2.24, 2.45) is 23.7 Å². The zero-order valence-electron chi connectivity index (χ0n) is 29.6. The van der Waals surface area contributed by atoms with Crippen LogP contribution in [0.4, 0.5) is 4.79 Å². The highest BCUT2D eigenvalue weighted by Gasteiger charge is 2.50. The van der Waals surface area contributed by atoms with E-state index in [1.165, 1.54) is 6.42 Å². The molecular formula is C42H48N4O6. The van der Waals surface area contributed by atoms with E-state index in [4.69, 9.17) is 9.47 Å². The smallest absolute Gasteiger partial charge is 0.408 e. The molecule has 10 heteroatoms. The average Bonchev–Trinajstić information content (AvgIpc) is 3.55. The van der Waals surface area contributed by atoms with Crippen LogP contribution in [0.25, 0.3) is 10.9 Å². The number of alkyl carbamates (subject to hydrolysis) is 1. The van der Waals surface area contributed by atoms with Gasteiger partial charge in [-0.15, -0.1) is 0 Å². The Kier molecular flexibility index (Phi) is 10.6. The van der Waals surface area contributed by atoms with Gasteiger partial charge in [0.2, 0.25) is 11.8 Å². The Morgan fingerprint density at radius 2 is 1.48 bits per heavy atom. The Bertz CT molecular complexity index is 1820. The molecule has 4 fully saturated rings. The van der Waals surface area contributed by atoms with E-state index in [0.717, 1.165) is 65.2 Å². The largest absolute Gasteiger partial charge is 0.461 e. The molecule has 272 valence electrons. The Hall–Kier alpha value is -5.12. The molecule has 0 spiro atoms. The van der Waals surface area contributed by atoms with Crippen molar-refractivity contribution < 1.29 is 28.7 Å². The fourth-order valence-corrected chi connectivity index (χ4v) is 8.86. The van der Waals surface area contributed by atoms with Crippen molar-refractivity contribution in [1.82, 2.24) is 20.9 Å². The summed E-state index contributed by atoms with van der Waals surface area (Å²) >= 11 is 0. The fraction of sp³-hybridized carbons (Fsp3) is 0.429. The highest BCUT2D eigenvalue weighted by atomic mass is 16.6. The van der Waals surface area contributed by atoms with Gasteiger partial charge in [0, 0.05) is 30.6 Å². The van der Waals surface area contributed by atoms with Crippen molar-refractivity contribution in [2.75, 3.05) is 6.54 Å². The number of fused-ring (bicyclic) bond motifs is 1. The predicted molar refractivity (Wildman–Crippen MR) is 197 cm³/mol. The number of esters is 1. The van der Waals surface area contributed by atoms with E-state index in [-0.39, 0.29) is 44.4 Å². The molecule has 0 saturated heterocycles. The first-order chi connectivity index (χ1) is 25.2. The summed E-state index contributed by atoms with van der Waals surface area (Å²) in [5.74, 6) is 1.03. The lowest BCUT2D eigenvalue weighted by Gasteiger charge is -2.53. The van der Waals surface area contributed by atoms with Crippen LogP contribution in [0.2, 0.25) is 0 Å². The molecule has 4 aliphatic carbocycles. The zero-order valence-corrected chi connectivity index (χ0v) is 29.6. The maximum absolute atomic E-state index is 14.2. The molecule has 2 atom stereocenters. The summed E-state index contributed by atoms with van der Waals surface area (Å²) in [5.41, 5.74) is 2.01. The van der Waals surface area contributed by atoms with Crippen molar-refractivity contribution in [3.63, 3.8) is 0 Å². The third-order valence-electron chi connectivity index (χ3n) is 11.2. The van der Waals surface area contributed by atoms with Gasteiger partial charge in [0.25, 0.3) is 0 Å². The first kappa shape index (κ1) is 35.3. The molecule has 3 amide bonds. The van der Waals surface area contributed by atoms with Gasteiger partial charge in [-0.2, -0.15) is 0 Å². The lowest BCUT2D eigenvalue weighted by molar-refractivity contribution is -0.146. The number of aromatic amines is 1. The van der Waals surface area contributed by atoms with Gasteiger partial charge < -0.3 is 30.4 Å². The number of H-pyrrole nitrogens is 1. The van der Waals surface area contributed by atoms with Crippen molar-refractivity contribution in [1.29, 1.82) is 0 Å². The highest BCUT2D eigenvalue weighted by molar-refractivity contribution is 5.90. The van der Waals surface area contributed by atoms with Crippen LogP contribution in [0.15, 0.2) is 91.0 Å². The zero-order chi connectivity index (χ0) is 36.1. The summed E-state index contributed by atoms with van der Waals surface area (Å²) in [6, 6.07) is 28.0. The van der Waals surface area contributed by atoms with Gasteiger partial charge in [0.15, 0.2) is 0 Å². The van der Waals surface area contributed by atoms with E-state index in [2.05, 4.69) is 20.9 Å². The van der Waals surface area contributed by atoms with Gasteiger partial charge >= 0.3 is 12.1 Å². The lowest BCUT2D eigenvalue weighted by Crippen LogP contribution is -2.60. The van der Waals surface area contributed by atoms with E-state index < -0.39 is 29.6 Å². The topological polar surface area (TPSA) is 139 Å². The molecule has 1 heterocycles. The highest BCUT2D eigenvalue weighted by Crippen LogP contribution is 2.54. The van der Waals surface area contributed by atoms with Crippen LogP contribution in [0.1, 0.15) is 74.7 Å². The second-order valence-corrected chi connectivity index (χ2v) is 15.2. The summed E-state index contributed by atoms with van der Waals surface area (Å²) in [4.78, 5) is 56.8. The summed E-state index contributed by atoms with van der Waals surface area (Å²) < 4.78 is 11.5. The maximum atomic E-state index is 14.2. The predicted octanol–water partition coefficient (Wildman–Crippen LogP) is 6.52. The number of ether oxygens (including phenoxy) is 2. The second kappa shape index (κ2) is 15.6. The Morgan fingerprint density at radius 1 is 0.827 bits per heavy atom. The number of aromatic nitrogens is 1. The number of carbonyl (C=O) groups is 4. The van der Waals surface area contributed by atoms with Gasteiger partial charge in [-0.25, -0.2) is 4.79 Å². The number of hydrogen-bond acceptors (Lipinski definition) is 6. The molecule has 4 aromatic rings. The van der Waals surface area contributed by atoms with Crippen LogP contribution in [-0.2, 0) is 36.9 Å².